The van der Waals surface area contributed by atoms with E-state index in [9.17, 15) is 44.5 Å². The molecule has 0 aliphatic carbocycles. The Labute approximate surface area is 245 Å². The number of hydrogen-bond donors (Lipinski definition) is 0. The molecule has 2 amide bonds. The van der Waals surface area contributed by atoms with Crippen molar-refractivity contribution in [2.24, 2.45) is 0 Å². The van der Waals surface area contributed by atoms with Gasteiger partial charge in [0.1, 0.15) is 11.9 Å². The zero-order valence-corrected chi connectivity index (χ0v) is 23.2. The number of allylic oxidation sites excluding steroid dienone is 1. The number of amides is 2. The van der Waals surface area contributed by atoms with Gasteiger partial charge in [0.05, 0.1) is 33.6 Å². The molecule has 0 fully saturated rings. The molecular weight excluding hydrogens is 612 g/mol. The zero-order valence-electron chi connectivity index (χ0n) is 21.6. The molecule has 1 aliphatic heterocycles. The van der Waals surface area contributed by atoms with Crippen molar-refractivity contribution >= 4 is 31.6 Å². The molecule has 1 aliphatic rings. The van der Waals surface area contributed by atoms with Crippen molar-refractivity contribution in [1.82, 2.24) is 4.31 Å². The molecule has 0 saturated carbocycles. The van der Waals surface area contributed by atoms with Crippen LogP contribution in [0.3, 0.4) is 0 Å². The van der Waals surface area contributed by atoms with Crippen molar-refractivity contribution in [3.8, 4) is 6.07 Å². The van der Waals surface area contributed by atoms with Crippen molar-refractivity contribution < 1.29 is 39.2 Å². The second-order valence-corrected chi connectivity index (χ2v) is 12.8. The average molecular weight is 635 g/mol. The van der Waals surface area contributed by atoms with Gasteiger partial charge in [-0.3, -0.25) is 4.90 Å². The van der Waals surface area contributed by atoms with Crippen LogP contribution in [0.1, 0.15) is 37.1 Å². The first-order chi connectivity index (χ1) is 19.5. The number of alkyl halides is 3. The normalized spacial score (nSPS) is 15.9. The van der Waals surface area contributed by atoms with Gasteiger partial charge in [-0.1, -0.05) is 19.6 Å². The van der Waals surface area contributed by atoms with Gasteiger partial charge in [0, 0.05) is 17.6 Å². The van der Waals surface area contributed by atoms with Crippen LogP contribution in [0.4, 0.5) is 28.0 Å². The van der Waals surface area contributed by atoms with E-state index in [4.69, 9.17) is 6.57 Å². The second-order valence-electron chi connectivity index (χ2n) is 9.04. The number of carbonyl (C=O) groups is 1. The molecule has 0 N–H and O–H groups in total. The number of urea groups is 1. The fourth-order valence-corrected chi connectivity index (χ4v) is 6.86. The van der Waals surface area contributed by atoms with Crippen LogP contribution in [-0.2, 0) is 26.0 Å². The van der Waals surface area contributed by atoms with Gasteiger partial charge >= 0.3 is 12.2 Å². The van der Waals surface area contributed by atoms with Crippen molar-refractivity contribution in [3.05, 3.63) is 112 Å². The van der Waals surface area contributed by atoms with E-state index in [0.29, 0.717) is 11.0 Å². The summed E-state index contributed by atoms with van der Waals surface area (Å²) in [5, 5.41) is 9.32. The lowest BCUT2D eigenvalue weighted by Crippen LogP contribution is -2.52. The van der Waals surface area contributed by atoms with Gasteiger partial charge < -0.3 is 0 Å². The smallest absolute Gasteiger partial charge is 0.277 e. The highest BCUT2D eigenvalue weighted by molar-refractivity contribution is 7.91. The number of anilines is 1. The van der Waals surface area contributed by atoms with Crippen molar-refractivity contribution in [2.75, 3.05) is 11.2 Å². The Morgan fingerprint density at radius 2 is 1.63 bits per heavy atom. The predicted molar refractivity (Wildman–Crippen MR) is 148 cm³/mol. The van der Waals surface area contributed by atoms with E-state index >= 15 is 0 Å². The topological polar surface area (TPSA) is 120 Å². The van der Waals surface area contributed by atoms with Gasteiger partial charge in [-0.2, -0.15) is 18.4 Å². The van der Waals surface area contributed by atoms with Gasteiger partial charge in [0.15, 0.2) is 9.84 Å². The molecule has 0 aromatic heterocycles. The summed E-state index contributed by atoms with van der Waals surface area (Å²) in [4.78, 5) is 16.9. The van der Waals surface area contributed by atoms with Gasteiger partial charge in [0.25, 0.3) is 10.0 Å². The lowest BCUT2D eigenvalue weighted by atomic mass is 9.98. The molecule has 43 heavy (non-hydrogen) atoms. The molecular formula is C28H22F4N4O5S2. The Balaban J connectivity index is 0.00000506. The molecule has 9 nitrogen and oxygen atoms in total. The van der Waals surface area contributed by atoms with Crippen LogP contribution in [-0.4, -0.2) is 33.4 Å². The quantitative estimate of drug-likeness (QED) is 0.241. The average Bonchev–Trinajstić information content (AvgIpc) is 2.91. The third-order valence-electron chi connectivity index (χ3n) is 6.34. The summed E-state index contributed by atoms with van der Waals surface area (Å²) in [6, 6.07) is 8.27. The van der Waals surface area contributed by atoms with E-state index in [0.717, 1.165) is 66.9 Å². The highest BCUT2D eigenvalue weighted by atomic mass is 32.2. The van der Waals surface area contributed by atoms with Crippen LogP contribution >= 0.6 is 0 Å². The maximum atomic E-state index is 14.1. The number of hydrogen-bond acceptors (Lipinski definition) is 6. The van der Waals surface area contributed by atoms with Crippen molar-refractivity contribution in [1.29, 1.82) is 5.26 Å². The monoisotopic (exact) mass is 634 g/mol. The highest BCUT2D eigenvalue weighted by Gasteiger charge is 2.48. The van der Waals surface area contributed by atoms with Crippen LogP contribution in [0, 0.1) is 23.7 Å². The Bertz CT molecular complexity index is 1940. The van der Waals surface area contributed by atoms with E-state index in [-0.39, 0.29) is 28.6 Å². The third kappa shape index (κ3) is 5.95. The molecule has 0 radical (unpaired) electrons. The predicted octanol–water partition coefficient (Wildman–Crippen LogP) is 6.28. The minimum absolute atomic E-state index is 0. The molecule has 224 valence electrons. The Morgan fingerprint density at radius 1 is 1.00 bits per heavy atom. The Kier molecular flexibility index (Phi) is 8.77. The molecule has 1 heterocycles. The van der Waals surface area contributed by atoms with Crippen molar-refractivity contribution in [3.63, 3.8) is 0 Å². The first-order valence-electron chi connectivity index (χ1n) is 11.7. The van der Waals surface area contributed by atoms with Crippen LogP contribution in [0.5, 0.6) is 0 Å². The van der Waals surface area contributed by atoms with E-state index in [2.05, 4.69) is 4.85 Å². The number of carbonyl (C=O) groups excluding carboxylic acids is 1. The fraction of sp³-hybridized carbons (Fsp3) is 0.179. The summed E-state index contributed by atoms with van der Waals surface area (Å²) in [7, 11) is -9.24. The van der Waals surface area contributed by atoms with E-state index in [1.807, 2.05) is 0 Å². The van der Waals surface area contributed by atoms with Crippen LogP contribution in [0.25, 0.3) is 4.85 Å². The largest absolute Gasteiger partial charge is 0.416 e. The fourth-order valence-electron chi connectivity index (χ4n) is 4.43. The highest BCUT2D eigenvalue weighted by Crippen LogP contribution is 2.45. The standard InChI is InChI=1S/C27H18F4N4O5S2.CH4/c1-16-24(33-2)25(22-12-7-17(15-32)13-23(22)41(3,37)38)35(42(39,40)21-10-8-19(28)9-11-21)26(36)34(16)20-6-4-5-18(14-20)27(29,30)31;/h4-14,25H,1,3H3;1H4/t25-;/m1./s1. The molecule has 0 saturated heterocycles. The minimum atomic E-state index is -5.03. The molecule has 3 aromatic carbocycles. The number of nitriles is 1. The molecule has 0 bridgehead atoms. The number of halogens is 4. The Morgan fingerprint density at radius 3 is 2.16 bits per heavy atom. The molecule has 1 atom stereocenters. The molecule has 15 heteroatoms. The minimum Gasteiger partial charge on any atom is -0.277 e. The first kappa shape index (κ1) is 32.8. The van der Waals surface area contributed by atoms with Gasteiger partial charge in [0.2, 0.25) is 5.70 Å². The number of sulfone groups is 1. The number of nitrogens with zero attached hydrogens (tertiary/aromatic N) is 4. The summed E-state index contributed by atoms with van der Waals surface area (Å²) in [6.07, 6.45) is -4.05. The molecule has 3 aromatic rings. The second kappa shape index (κ2) is 11.5. The number of rotatable bonds is 5. The number of sulfonamides is 1. The van der Waals surface area contributed by atoms with Crippen LogP contribution in [0.15, 0.2) is 87.9 Å². The van der Waals surface area contributed by atoms with E-state index in [1.165, 1.54) is 6.92 Å². The Hall–Kier alpha value is -4.73. The van der Waals surface area contributed by atoms with Gasteiger partial charge in [-0.25, -0.2) is 35.2 Å². The maximum absolute atomic E-state index is 14.1. The summed E-state index contributed by atoms with van der Waals surface area (Å²) in [5.41, 5.74) is -2.84. The summed E-state index contributed by atoms with van der Waals surface area (Å²) in [5.74, 6) is -0.815. The maximum Gasteiger partial charge on any atom is 0.416 e. The summed E-state index contributed by atoms with van der Waals surface area (Å²) < 4.78 is 108. The van der Waals surface area contributed by atoms with Gasteiger partial charge in [-0.15, -0.1) is 0 Å². The van der Waals surface area contributed by atoms with Crippen LogP contribution < -0.4 is 4.90 Å². The molecule has 0 unspecified atom stereocenters. The van der Waals surface area contributed by atoms with E-state index < -0.39 is 70.7 Å². The summed E-state index contributed by atoms with van der Waals surface area (Å²) in [6.45, 7) is 9.07. The number of benzene rings is 3. The zero-order chi connectivity index (χ0) is 31.2. The molecule has 4 rings (SSSR count). The lowest BCUT2D eigenvalue weighted by Gasteiger charge is -2.41. The van der Waals surface area contributed by atoms with Gasteiger partial charge in [-0.05, 0) is 67.1 Å². The first-order valence-corrected chi connectivity index (χ1v) is 15.0. The summed E-state index contributed by atoms with van der Waals surface area (Å²) >= 11 is 0. The van der Waals surface area contributed by atoms with Crippen molar-refractivity contribution in [2.45, 2.75) is 36.4 Å². The SMILES string of the molecule is C.[C-]#[N+]C1=C(C)N(c2cccc(C(F)(F)F)c2)C(=O)N(S(=O)(=O)c2ccc(F)cc2)[C@@H]1c1ccc(C#N)cc1S(C)(=O)=O. The van der Waals surface area contributed by atoms with E-state index in [1.54, 1.807) is 6.07 Å². The van der Waals surface area contributed by atoms with Crippen LogP contribution in [0.2, 0.25) is 0 Å². The third-order valence-corrected chi connectivity index (χ3v) is 9.24. The molecule has 0 spiro atoms. The lowest BCUT2D eigenvalue weighted by molar-refractivity contribution is -0.137.